The number of nitrogens with zero attached hydrogens (tertiary/aromatic N) is 2. The van der Waals surface area contributed by atoms with E-state index in [0.29, 0.717) is 29.5 Å². The Morgan fingerprint density at radius 3 is 2.59 bits per heavy atom. The van der Waals surface area contributed by atoms with Crippen LogP contribution in [0.5, 0.6) is 0 Å². The predicted molar refractivity (Wildman–Crippen MR) is 113 cm³/mol. The van der Waals surface area contributed by atoms with Crippen molar-refractivity contribution in [3.63, 3.8) is 0 Å². The number of amides is 1. The number of piperidine rings is 1. The average Bonchev–Trinajstić information content (AvgIpc) is 2.92. The minimum Gasteiger partial charge on any atom is -0.375 e. The van der Waals surface area contributed by atoms with Crippen LogP contribution in [-0.2, 0) is 10.4 Å². The highest BCUT2D eigenvalue weighted by atomic mass is 16.3. The summed E-state index contributed by atoms with van der Waals surface area (Å²) in [7, 11) is 0. The Morgan fingerprint density at radius 2 is 1.86 bits per heavy atom. The van der Waals surface area contributed by atoms with Gasteiger partial charge in [0.1, 0.15) is 0 Å². The lowest BCUT2D eigenvalue weighted by molar-refractivity contribution is -0.136. The molecule has 5 heteroatoms. The summed E-state index contributed by atoms with van der Waals surface area (Å²) in [4.78, 5) is 30.2. The van der Waals surface area contributed by atoms with Gasteiger partial charge in [0.15, 0.2) is 11.4 Å². The lowest BCUT2D eigenvalue weighted by Gasteiger charge is -2.36. The number of benzene rings is 2. The Morgan fingerprint density at radius 1 is 1.14 bits per heavy atom. The van der Waals surface area contributed by atoms with Crippen LogP contribution in [-0.4, -0.2) is 41.0 Å². The minimum atomic E-state index is -1.82. The molecule has 0 spiro atoms. The zero-order valence-electron chi connectivity index (χ0n) is 17.1. The van der Waals surface area contributed by atoms with Crippen LogP contribution in [0, 0.1) is 6.92 Å². The largest absolute Gasteiger partial charge is 0.375 e. The summed E-state index contributed by atoms with van der Waals surface area (Å²) in [5.41, 5.74) is 0.976. The van der Waals surface area contributed by atoms with E-state index in [2.05, 4.69) is 11.8 Å². The SMILES string of the molecule is Cc1ccc(C(=O)C[C@]2(O)C(=O)N(CN3CCCC[C@H]3C)c3ccccc32)cc1. The number of para-hydroxylation sites is 1. The Bertz CT molecular complexity index is 924. The number of carbonyl (C=O) groups excluding carboxylic acids is 2. The smallest absolute Gasteiger partial charge is 0.265 e. The van der Waals surface area contributed by atoms with Crippen LogP contribution < -0.4 is 4.90 Å². The molecule has 2 heterocycles. The fourth-order valence-corrected chi connectivity index (χ4v) is 4.44. The average molecular weight is 392 g/mol. The van der Waals surface area contributed by atoms with Gasteiger partial charge >= 0.3 is 0 Å². The van der Waals surface area contributed by atoms with Crippen LogP contribution in [0.2, 0.25) is 0 Å². The van der Waals surface area contributed by atoms with Crippen LogP contribution in [0.25, 0.3) is 0 Å². The zero-order chi connectivity index (χ0) is 20.6. The van der Waals surface area contributed by atoms with Crippen molar-refractivity contribution in [3.8, 4) is 0 Å². The van der Waals surface area contributed by atoms with Gasteiger partial charge in [-0.2, -0.15) is 0 Å². The molecule has 4 rings (SSSR count). The molecule has 2 atom stereocenters. The van der Waals surface area contributed by atoms with E-state index in [0.717, 1.165) is 24.9 Å². The van der Waals surface area contributed by atoms with E-state index < -0.39 is 11.5 Å². The Hall–Kier alpha value is -2.50. The van der Waals surface area contributed by atoms with Gasteiger partial charge in [-0.25, -0.2) is 0 Å². The number of anilines is 1. The minimum absolute atomic E-state index is 0.233. The lowest BCUT2D eigenvalue weighted by atomic mass is 9.88. The molecule has 0 aromatic heterocycles. The maximum atomic E-state index is 13.4. The first-order valence-electron chi connectivity index (χ1n) is 10.4. The highest BCUT2D eigenvalue weighted by molar-refractivity contribution is 6.10. The number of aryl methyl sites for hydroxylation is 1. The van der Waals surface area contributed by atoms with Crippen LogP contribution >= 0.6 is 0 Å². The van der Waals surface area contributed by atoms with E-state index in [4.69, 9.17) is 0 Å². The third-order valence-electron chi connectivity index (χ3n) is 6.29. The molecule has 152 valence electrons. The predicted octanol–water partition coefficient (Wildman–Crippen LogP) is 3.63. The summed E-state index contributed by atoms with van der Waals surface area (Å²) in [5.74, 6) is -0.638. The monoisotopic (exact) mass is 392 g/mol. The zero-order valence-corrected chi connectivity index (χ0v) is 17.1. The second-order valence-corrected chi connectivity index (χ2v) is 8.38. The summed E-state index contributed by atoms with van der Waals surface area (Å²) in [5, 5.41) is 11.4. The molecule has 2 aliphatic rings. The van der Waals surface area contributed by atoms with Gasteiger partial charge in [-0.15, -0.1) is 0 Å². The fraction of sp³-hybridized carbons (Fsp3) is 0.417. The highest BCUT2D eigenvalue weighted by Crippen LogP contribution is 2.43. The number of ketones is 1. The Balaban J connectivity index is 1.62. The molecule has 0 unspecified atom stereocenters. The van der Waals surface area contributed by atoms with Gasteiger partial charge in [0.2, 0.25) is 0 Å². The number of Topliss-reactive ketones (excluding diaryl/α,β-unsaturated/α-hetero) is 1. The normalized spacial score (nSPS) is 24.6. The first kappa shape index (κ1) is 19.8. The quantitative estimate of drug-likeness (QED) is 0.790. The summed E-state index contributed by atoms with van der Waals surface area (Å²) in [6.07, 6.45) is 3.18. The van der Waals surface area contributed by atoms with Gasteiger partial charge < -0.3 is 5.11 Å². The maximum absolute atomic E-state index is 13.4. The second-order valence-electron chi connectivity index (χ2n) is 8.38. The molecule has 1 fully saturated rings. The number of carbonyl (C=O) groups is 2. The molecule has 1 N–H and O–H groups in total. The molecule has 0 radical (unpaired) electrons. The molecular weight excluding hydrogens is 364 g/mol. The van der Waals surface area contributed by atoms with Crippen molar-refractivity contribution in [2.45, 2.75) is 51.2 Å². The number of fused-ring (bicyclic) bond motifs is 1. The van der Waals surface area contributed by atoms with E-state index in [-0.39, 0.29) is 12.2 Å². The van der Waals surface area contributed by atoms with Crippen LogP contribution in [0.3, 0.4) is 0 Å². The molecule has 2 aromatic rings. The van der Waals surface area contributed by atoms with Gasteiger partial charge in [-0.3, -0.25) is 19.4 Å². The van der Waals surface area contributed by atoms with Crippen molar-refractivity contribution in [3.05, 3.63) is 65.2 Å². The molecular formula is C24H28N2O3. The van der Waals surface area contributed by atoms with Crippen molar-refractivity contribution >= 4 is 17.4 Å². The van der Waals surface area contributed by atoms with Crippen LogP contribution in [0.4, 0.5) is 5.69 Å². The van der Waals surface area contributed by atoms with E-state index >= 15 is 0 Å². The number of rotatable bonds is 5. The maximum Gasteiger partial charge on any atom is 0.265 e. The second kappa shape index (κ2) is 7.73. The third-order valence-corrected chi connectivity index (χ3v) is 6.29. The molecule has 2 aromatic carbocycles. The fourth-order valence-electron chi connectivity index (χ4n) is 4.44. The molecule has 1 amide bonds. The van der Waals surface area contributed by atoms with E-state index in [1.807, 2.05) is 31.2 Å². The first-order chi connectivity index (χ1) is 13.9. The molecule has 5 nitrogen and oxygen atoms in total. The van der Waals surface area contributed by atoms with Gasteiger partial charge in [-0.1, -0.05) is 54.4 Å². The number of hydrogen-bond donors (Lipinski definition) is 1. The van der Waals surface area contributed by atoms with Crippen LogP contribution in [0.15, 0.2) is 48.5 Å². The van der Waals surface area contributed by atoms with Gasteiger partial charge in [0.05, 0.1) is 18.8 Å². The molecule has 0 bridgehead atoms. The molecule has 0 saturated carbocycles. The topological polar surface area (TPSA) is 60.9 Å². The van der Waals surface area contributed by atoms with E-state index in [1.165, 1.54) is 6.42 Å². The standard InChI is InChI=1S/C24H28N2O3/c1-17-10-12-19(13-11-17)22(27)15-24(29)20-8-3-4-9-21(20)26(23(24)28)16-25-14-6-5-7-18(25)2/h3-4,8-13,18,29H,5-7,14-16H2,1-2H3/t18-,24-/m1/s1. The molecule has 0 aliphatic carbocycles. The highest BCUT2D eigenvalue weighted by Gasteiger charge is 2.51. The molecule has 2 aliphatic heterocycles. The summed E-state index contributed by atoms with van der Waals surface area (Å²) in [6, 6.07) is 14.9. The first-order valence-corrected chi connectivity index (χ1v) is 10.4. The summed E-state index contributed by atoms with van der Waals surface area (Å²) in [6.45, 7) is 5.52. The molecule has 29 heavy (non-hydrogen) atoms. The summed E-state index contributed by atoms with van der Waals surface area (Å²) < 4.78 is 0. The Labute approximate surface area is 171 Å². The van der Waals surface area contributed by atoms with E-state index in [9.17, 15) is 14.7 Å². The van der Waals surface area contributed by atoms with E-state index in [1.54, 1.807) is 29.2 Å². The number of likely N-dealkylation sites (tertiary alicyclic amines) is 1. The van der Waals surface area contributed by atoms with Crippen molar-refractivity contribution in [1.29, 1.82) is 0 Å². The van der Waals surface area contributed by atoms with Gasteiger partial charge in [0.25, 0.3) is 5.91 Å². The Kier molecular flexibility index (Phi) is 5.28. The van der Waals surface area contributed by atoms with Crippen LogP contribution in [0.1, 0.15) is 54.1 Å². The van der Waals surface area contributed by atoms with Crippen molar-refractivity contribution in [1.82, 2.24) is 4.90 Å². The van der Waals surface area contributed by atoms with Gasteiger partial charge in [-0.05, 0) is 32.8 Å². The summed E-state index contributed by atoms with van der Waals surface area (Å²) >= 11 is 0. The van der Waals surface area contributed by atoms with Crippen molar-refractivity contribution in [2.24, 2.45) is 0 Å². The van der Waals surface area contributed by atoms with Crippen molar-refractivity contribution in [2.75, 3.05) is 18.1 Å². The van der Waals surface area contributed by atoms with Gasteiger partial charge in [0, 0.05) is 23.7 Å². The number of aliphatic hydroxyl groups is 1. The molecule has 1 saturated heterocycles. The number of hydrogen-bond acceptors (Lipinski definition) is 4. The van der Waals surface area contributed by atoms with Crippen molar-refractivity contribution < 1.29 is 14.7 Å². The lowest BCUT2D eigenvalue weighted by Crippen LogP contribution is -2.49. The third kappa shape index (κ3) is 3.61.